The van der Waals surface area contributed by atoms with Crippen molar-refractivity contribution in [3.05, 3.63) is 84.7 Å². The molecule has 9 heteroatoms. The third kappa shape index (κ3) is 5.05. The summed E-state index contributed by atoms with van der Waals surface area (Å²) in [5.41, 5.74) is 0.240. The molecule has 2 aromatic heterocycles. The van der Waals surface area contributed by atoms with Crippen LogP contribution in [0.2, 0.25) is 0 Å². The summed E-state index contributed by atoms with van der Waals surface area (Å²) in [6.45, 7) is 0.409. The van der Waals surface area contributed by atoms with Gasteiger partial charge in [0.1, 0.15) is 5.75 Å². The Morgan fingerprint density at radius 3 is 2.52 bits per heavy atom. The van der Waals surface area contributed by atoms with Crippen molar-refractivity contribution in [2.45, 2.75) is 11.3 Å². The first-order chi connectivity index (χ1) is 15.0. The maximum atomic E-state index is 13.3. The Kier molecular flexibility index (Phi) is 6.22. The SMILES string of the molecule is FC(F)(F)c1cccc(-n2c(SCCOc3ccccc3)nnc2-c2cccnc2)c1. The zero-order valence-electron chi connectivity index (χ0n) is 16.2. The fourth-order valence-corrected chi connectivity index (χ4v) is 3.68. The second-order valence-corrected chi connectivity index (χ2v) is 7.50. The molecule has 0 aliphatic carbocycles. The van der Waals surface area contributed by atoms with Crippen molar-refractivity contribution in [2.75, 3.05) is 12.4 Å². The summed E-state index contributed by atoms with van der Waals surface area (Å²) in [5, 5.41) is 8.91. The molecular formula is C22H17F3N4OS. The minimum absolute atomic E-state index is 0.324. The van der Waals surface area contributed by atoms with Crippen molar-refractivity contribution in [3.63, 3.8) is 0 Å². The zero-order chi connectivity index (χ0) is 21.7. The van der Waals surface area contributed by atoms with E-state index in [2.05, 4.69) is 15.2 Å². The van der Waals surface area contributed by atoms with E-state index in [1.165, 1.54) is 17.8 Å². The molecule has 0 atom stereocenters. The molecule has 0 N–H and O–H groups in total. The van der Waals surface area contributed by atoms with Crippen molar-refractivity contribution in [1.82, 2.24) is 19.7 Å². The summed E-state index contributed by atoms with van der Waals surface area (Å²) in [5.74, 6) is 1.70. The maximum absolute atomic E-state index is 13.3. The molecule has 0 bridgehead atoms. The molecule has 0 aliphatic heterocycles. The Labute approximate surface area is 180 Å². The van der Waals surface area contributed by atoms with E-state index in [1.54, 1.807) is 35.2 Å². The smallest absolute Gasteiger partial charge is 0.416 e. The lowest BCUT2D eigenvalue weighted by Gasteiger charge is -2.13. The van der Waals surface area contributed by atoms with Crippen molar-refractivity contribution in [1.29, 1.82) is 0 Å². The summed E-state index contributed by atoms with van der Waals surface area (Å²) < 4.78 is 47.1. The van der Waals surface area contributed by atoms with Crippen LogP contribution in [0.15, 0.2) is 84.3 Å². The molecule has 4 rings (SSSR count). The Morgan fingerprint density at radius 2 is 1.77 bits per heavy atom. The summed E-state index contributed by atoms with van der Waals surface area (Å²) >= 11 is 1.35. The van der Waals surface area contributed by atoms with Crippen LogP contribution in [0.1, 0.15) is 5.56 Å². The molecule has 0 saturated carbocycles. The number of halogens is 3. The van der Waals surface area contributed by atoms with Gasteiger partial charge in [-0.25, -0.2) is 0 Å². The van der Waals surface area contributed by atoms with Crippen molar-refractivity contribution in [3.8, 4) is 22.8 Å². The fourth-order valence-electron chi connectivity index (χ4n) is 2.91. The molecule has 5 nitrogen and oxygen atoms in total. The molecule has 0 saturated heterocycles. The Hall–Kier alpha value is -3.33. The van der Waals surface area contributed by atoms with E-state index in [0.29, 0.717) is 34.6 Å². The van der Waals surface area contributed by atoms with E-state index in [0.717, 1.165) is 17.9 Å². The van der Waals surface area contributed by atoms with E-state index < -0.39 is 11.7 Å². The van der Waals surface area contributed by atoms with Gasteiger partial charge < -0.3 is 4.74 Å². The van der Waals surface area contributed by atoms with Crippen molar-refractivity contribution in [2.24, 2.45) is 0 Å². The van der Waals surface area contributed by atoms with Gasteiger partial charge in [-0.2, -0.15) is 13.2 Å². The summed E-state index contributed by atoms with van der Waals surface area (Å²) in [4.78, 5) is 4.08. The second-order valence-electron chi connectivity index (χ2n) is 6.44. The highest BCUT2D eigenvalue weighted by Crippen LogP contribution is 2.33. The van der Waals surface area contributed by atoms with Crippen LogP contribution in [0, 0.1) is 0 Å². The lowest BCUT2D eigenvalue weighted by atomic mass is 10.2. The van der Waals surface area contributed by atoms with Crippen LogP contribution in [0.5, 0.6) is 5.75 Å². The number of aromatic nitrogens is 4. The molecule has 0 spiro atoms. The van der Waals surface area contributed by atoms with Gasteiger partial charge in [0.15, 0.2) is 11.0 Å². The normalized spacial score (nSPS) is 11.5. The number of alkyl halides is 3. The van der Waals surface area contributed by atoms with Crippen LogP contribution in [-0.2, 0) is 6.18 Å². The van der Waals surface area contributed by atoms with Gasteiger partial charge in [0.25, 0.3) is 0 Å². The second kappa shape index (κ2) is 9.22. The number of benzene rings is 2. The number of nitrogens with zero attached hydrogens (tertiary/aromatic N) is 4. The molecule has 31 heavy (non-hydrogen) atoms. The van der Waals surface area contributed by atoms with Crippen LogP contribution >= 0.6 is 11.8 Å². The van der Waals surface area contributed by atoms with Crippen molar-refractivity contribution < 1.29 is 17.9 Å². The zero-order valence-corrected chi connectivity index (χ0v) is 17.0. The van der Waals surface area contributed by atoms with Crippen LogP contribution in [0.25, 0.3) is 17.1 Å². The molecule has 0 radical (unpaired) electrons. The van der Waals surface area contributed by atoms with E-state index in [4.69, 9.17) is 4.74 Å². The third-order valence-electron chi connectivity index (χ3n) is 4.31. The molecule has 0 amide bonds. The van der Waals surface area contributed by atoms with Gasteiger partial charge in [0.2, 0.25) is 0 Å². The van der Waals surface area contributed by atoms with Gasteiger partial charge in [0.05, 0.1) is 17.9 Å². The summed E-state index contributed by atoms with van der Waals surface area (Å²) in [7, 11) is 0. The minimum Gasteiger partial charge on any atom is -0.493 e. The lowest BCUT2D eigenvalue weighted by Crippen LogP contribution is -2.07. The molecule has 4 aromatic rings. The Bertz CT molecular complexity index is 1130. The van der Waals surface area contributed by atoms with E-state index in [-0.39, 0.29) is 0 Å². The third-order valence-corrected chi connectivity index (χ3v) is 5.20. The number of para-hydroxylation sites is 1. The highest BCUT2D eigenvalue weighted by molar-refractivity contribution is 7.99. The molecule has 158 valence electrons. The van der Waals surface area contributed by atoms with Crippen LogP contribution in [0.4, 0.5) is 13.2 Å². The first-order valence-electron chi connectivity index (χ1n) is 9.36. The summed E-state index contributed by atoms with van der Waals surface area (Å²) in [6.07, 6.45) is -1.23. The largest absolute Gasteiger partial charge is 0.493 e. The van der Waals surface area contributed by atoms with Crippen LogP contribution < -0.4 is 4.74 Å². The Morgan fingerprint density at radius 1 is 0.935 bits per heavy atom. The number of hydrogen-bond donors (Lipinski definition) is 0. The molecule has 0 aliphatic rings. The maximum Gasteiger partial charge on any atom is 0.416 e. The van der Waals surface area contributed by atoms with Gasteiger partial charge in [-0.1, -0.05) is 36.0 Å². The number of thioether (sulfide) groups is 1. The molecule has 0 fully saturated rings. The summed E-state index contributed by atoms with van der Waals surface area (Å²) in [6, 6.07) is 18.0. The van der Waals surface area contributed by atoms with Gasteiger partial charge in [-0.05, 0) is 42.5 Å². The highest BCUT2D eigenvalue weighted by atomic mass is 32.2. The first kappa shape index (κ1) is 20.9. The van der Waals surface area contributed by atoms with Gasteiger partial charge in [-0.3, -0.25) is 9.55 Å². The predicted molar refractivity (Wildman–Crippen MR) is 112 cm³/mol. The standard InChI is InChI=1S/C22H17F3N4OS/c23-22(24,25)17-7-4-8-18(14-17)29-20(16-6-5-11-26-15-16)27-28-21(29)31-13-12-30-19-9-2-1-3-10-19/h1-11,14-15H,12-13H2. The van der Waals surface area contributed by atoms with Gasteiger partial charge >= 0.3 is 6.18 Å². The highest BCUT2D eigenvalue weighted by Gasteiger charge is 2.31. The first-order valence-corrected chi connectivity index (χ1v) is 10.3. The van der Waals surface area contributed by atoms with E-state index >= 15 is 0 Å². The monoisotopic (exact) mass is 442 g/mol. The van der Waals surface area contributed by atoms with Gasteiger partial charge in [0, 0.05) is 23.7 Å². The number of rotatable bonds is 7. The molecule has 0 unspecified atom stereocenters. The number of hydrogen-bond acceptors (Lipinski definition) is 5. The average Bonchev–Trinajstić information content (AvgIpc) is 3.21. The number of ether oxygens (including phenoxy) is 1. The van der Waals surface area contributed by atoms with E-state index in [9.17, 15) is 13.2 Å². The fraction of sp³-hybridized carbons (Fsp3) is 0.136. The molecule has 2 heterocycles. The van der Waals surface area contributed by atoms with Crippen molar-refractivity contribution >= 4 is 11.8 Å². The predicted octanol–water partition coefficient (Wildman–Crippen LogP) is 5.52. The van der Waals surface area contributed by atoms with Crippen LogP contribution in [-0.4, -0.2) is 32.1 Å². The molecular weight excluding hydrogens is 425 g/mol. The number of pyridine rings is 1. The quantitative estimate of drug-likeness (QED) is 0.279. The van der Waals surface area contributed by atoms with Gasteiger partial charge in [-0.15, -0.1) is 10.2 Å². The molecule has 2 aromatic carbocycles. The van der Waals surface area contributed by atoms with E-state index in [1.807, 2.05) is 30.3 Å². The lowest BCUT2D eigenvalue weighted by molar-refractivity contribution is -0.137. The average molecular weight is 442 g/mol. The minimum atomic E-state index is -4.45. The Balaban J connectivity index is 1.62. The topological polar surface area (TPSA) is 52.8 Å². The van der Waals surface area contributed by atoms with Crippen LogP contribution in [0.3, 0.4) is 0 Å².